The zero-order chi connectivity index (χ0) is 75.2. The number of rotatable bonds is 40. The third-order valence-corrected chi connectivity index (χ3v) is 18.4. The second-order valence-corrected chi connectivity index (χ2v) is 27.1. The quantitative estimate of drug-likeness (QED) is 0.0243. The summed E-state index contributed by atoms with van der Waals surface area (Å²) in [6, 6.07) is 32.7. The van der Waals surface area contributed by atoms with E-state index in [4.69, 9.17) is 5.73 Å². The molecule has 25 nitrogen and oxygen atoms in total. The number of nitrogens with two attached hydrogens (primary N) is 1. The van der Waals surface area contributed by atoms with E-state index in [0.29, 0.717) is 54.5 Å². The van der Waals surface area contributed by atoms with Crippen LogP contribution in [0.2, 0.25) is 0 Å². The number of aliphatic hydroxyl groups excluding tert-OH is 1. The van der Waals surface area contributed by atoms with Crippen molar-refractivity contribution >= 4 is 75.8 Å². The minimum atomic E-state index is -1.77. The normalized spacial score (nSPS) is 15.3. The number of aromatic hydroxyl groups is 1. The standard InChI is InChI=1S/C79H102N12O13/c1-7-59(8-2)81-39-21-20-31-61(71(96)85-64(44-53-25-14-10-15-26-53)75(100)89-67(41-49(3)4)79(104)91-40-22-32-69(91)78(103)82-50(5)70(80)95)84-73(98)66(46-55-34-37-60(94)38-35-55)88-77(102)68(48-92)90-76(101)65(45-54-27-16-11-17-28-54)87-74(99)63(43-52-23-12-9-13-24-52)86-72(97)62(83-51(6)93)47-56-33-36-57-29-18-19-30-58(57)42-56/h9-19,23-30,33-38,42,49-50,59,61-69,81,92,94H,7-8,20-22,31-32,39-41,43-48H2,1-6H3,(H2,80,95)(H,82,103)(H,83,93)(H,84,98)(H,85,96)(H,86,97)(H,87,99)(H,88,102)(H,89,100)(H,90,101)/t50-,61-,62-,63-,64-,65-,66-,67-,68-,69+/m0/s1. The molecule has 104 heavy (non-hydrogen) atoms. The topological polar surface area (TPSA) is 378 Å². The molecule has 556 valence electrons. The number of hydrogen-bond donors (Lipinski definition) is 13. The van der Waals surface area contributed by atoms with E-state index in [-0.39, 0.29) is 69.2 Å². The van der Waals surface area contributed by atoms with E-state index in [0.717, 1.165) is 29.2 Å². The molecule has 6 aromatic carbocycles. The fourth-order valence-electron chi connectivity index (χ4n) is 12.6. The first-order valence-corrected chi connectivity index (χ1v) is 35.9. The monoisotopic (exact) mass is 1430 g/mol. The van der Waals surface area contributed by atoms with E-state index >= 15 is 9.59 Å². The number of fused-ring (bicyclic) bond motifs is 1. The number of likely N-dealkylation sites (tertiary alicyclic amines) is 1. The van der Waals surface area contributed by atoms with Crippen molar-refractivity contribution in [1.82, 2.24) is 58.1 Å². The summed E-state index contributed by atoms with van der Waals surface area (Å²) in [6.45, 7) is 10.3. The first-order valence-electron chi connectivity index (χ1n) is 35.9. The molecule has 1 heterocycles. The molecule has 11 amide bonds. The van der Waals surface area contributed by atoms with Crippen molar-refractivity contribution in [2.75, 3.05) is 19.7 Å². The summed E-state index contributed by atoms with van der Waals surface area (Å²) in [5.41, 5.74) is 8.49. The first kappa shape index (κ1) is 80.8. The first-order chi connectivity index (χ1) is 49.9. The average Bonchev–Trinajstić information content (AvgIpc) is 1.82. The maximum atomic E-state index is 15.1. The number of benzene rings is 6. The summed E-state index contributed by atoms with van der Waals surface area (Å²) in [5, 5.41) is 51.5. The number of carbonyl (C=O) groups is 11. The van der Waals surface area contributed by atoms with Gasteiger partial charge in [0.1, 0.15) is 66.2 Å². The Morgan fingerprint density at radius 3 is 1.34 bits per heavy atom. The highest BCUT2D eigenvalue weighted by atomic mass is 16.3. The summed E-state index contributed by atoms with van der Waals surface area (Å²) in [7, 11) is 0. The minimum Gasteiger partial charge on any atom is -0.508 e. The maximum Gasteiger partial charge on any atom is 0.245 e. The Labute approximate surface area is 608 Å². The van der Waals surface area contributed by atoms with Gasteiger partial charge in [0.25, 0.3) is 0 Å². The van der Waals surface area contributed by atoms with Gasteiger partial charge in [0.05, 0.1) is 6.61 Å². The van der Waals surface area contributed by atoms with Crippen LogP contribution in [0.3, 0.4) is 0 Å². The van der Waals surface area contributed by atoms with Gasteiger partial charge in [0, 0.05) is 51.6 Å². The number of nitrogens with zero attached hydrogens (tertiary/aromatic N) is 1. The molecule has 1 saturated heterocycles. The van der Waals surface area contributed by atoms with Crippen LogP contribution in [0.25, 0.3) is 10.8 Å². The van der Waals surface area contributed by atoms with Crippen molar-refractivity contribution in [3.63, 3.8) is 0 Å². The molecule has 1 fully saturated rings. The predicted molar refractivity (Wildman–Crippen MR) is 395 cm³/mol. The Bertz CT molecular complexity index is 3840. The van der Waals surface area contributed by atoms with E-state index in [9.17, 15) is 53.4 Å². The third-order valence-electron chi connectivity index (χ3n) is 18.4. The predicted octanol–water partition coefficient (Wildman–Crippen LogP) is 3.92. The van der Waals surface area contributed by atoms with Crippen LogP contribution in [-0.2, 0) is 84.8 Å². The Morgan fingerprint density at radius 1 is 0.471 bits per heavy atom. The summed E-state index contributed by atoms with van der Waals surface area (Å²) in [4.78, 5) is 158. The SMILES string of the molecule is CCC(CC)NCCCC[C@H](NC(=O)[C@H](Cc1ccc(O)cc1)NC(=O)[C@H](CO)NC(=O)[C@H](Cc1ccccc1)NC(=O)[C@H](Cc1ccccc1)NC(=O)[C@H](Cc1ccc2ccccc2c1)NC(C)=O)C(=O)N[C@@H](Cc1ccccc1)C(=O)N[C@@H](CC(C)C)C(=O)N1CCC[C@@H]1C(=O)N[C@@H](C)C(N)=O. The van der Waals surface area contributed by atoms with Gasteiger partial charge >= 0.3 is 0 Å². The fraction of sp³-hybridized carbons (Fsp3) is 0.430. The van der Waals surface area contributed by atoms with Gasteiger partial charge in [-0.15, -0.1) is 0 Å². The molecule has 0 aromatic heterocycles. The van der Waals surface area contributed by atoms with E-state index in [1.807, 2.05) is 56.3 Å². The van der Waals surface area contributed by atoms with Gasteiger partial charge in [0.2, 0.25) is 65.0 Å². The number of carbonyl (C=O) groups excluding carboxylic acids is 11. The number of primary amides is 1. The summed E-state index contributed by atoms with van der Waals surface area (Å²) < 4.78 is 0. The lowest BCUT2D eigenvalue weighted by molar-refractivity contribution is -0.142. The van der Waals surface area contributed by atoms with Crippen LogP contribution in [0.1, 0.15) is 121 Å². The van der Waals surface area contributed by atoms with Crippen LogP contribution in [0, 0.1) is 5.92 Å². The second-order valence-electron chi connectivity index (χ2n) is 27.1. The highest BCUT2D eigenvalue weighted by Gasteiger charge is 2.41. The largest absolute Gasteiger partial charge is 0.508 e. The molecule has 0 bridgehead atoms. The smallest absolute Gasteiger partial charge is 0.245 e. The van der Waals surface area contributed by atoms with Crippen LogP contribution in [0.15, 0.2) is 158 Å². The third kappa shape index (κ3) is 25.5. The van der Waals surface area contributed by atoms with E-state index in [1.54, 1.807) is 91.0 Å². The van der Waals surface area contributed by atoms with Crippen LogP contribution >= 0.6 is 0 Å². The van der Waals surface area contributed by atoms with Crippen LogP contribution in [0.5, 0.6) is 5.75 Å². The van der Waals surface area contributed by atoms with Crippen molar-refractivity contribution < 1.29 is 63.0 Å². The van der Waals surface area contributed by atoms with E-state index < -0.39 is 132 Å². The van der Waals surface area contributed by atoms with Gasteiger partial charge in [-0.05, 0) is 121 Å². The van der Waals surface area contributed by atoms with Crippen LogP contribution < -0.4 is 58.9 Å². The number of phenols is 1. The second kappa shape index (κ2) is 40.9. The number of unbranched alkanes of at least 4 members (excludes halogenated alkanes) is 1. The van der Waals surface area contributed by atoms with Crippen molar-refractivity contribution in [2.24, 2.45) is 11.7 Å². The number of phenolic OH excluding ortho intramolecular Hbond substituents is 1. The summed E-state index contributed by atoms with van der Waals surface area (Å²) in [5.74, 6) is -8.45. The lowest BCUT2D eigenvalue weighted by Gasteiger charge is -2.31. The van der Waals surface area contributed by atoms with Crippen molar-refractivity contribution in [3.8, 4) is 5.75 Å². The maximum absolute atomic E-state index is 15.1. The van der Waals surface area contributed by atoms with Gasteiger partial charge in [0.15, 0.2) is 0 Å². The molecule has 6 aromatic rings. The van der Waals surface area contributed by atoms with Gasteiger partial charge in [-0.1, -0.05) is 173 Å². The Hall–Kier alpha value is -10.5. The number of nitrogens with one attached hydrogen (secondary N) is 10. The molecule has 25 heteroatoms. The minimum absolute atomic E-state index is 0.0317. The van der Waals surface area contributed by atoms with Gasteiger partial charge in [-0.25, -0.2) is 0 Å². The average molecular weight is 1430 g/mol. The molecule has 1 aliphatic rings. The molecular formula is C79H102N12O13. The lowest BCUT2D eigenvalue weighted by atomic mass is 9.99. The number of amides is 11. The zero-order valence-electron chi connectivity index (χ0n) is 60.2. The van der Waals surface area contributed by atoms with Crippen molar-refractivity contribution in [1.29, 1.82) is 0 Å². The Morgan fingerprint density at radius 2 is 0.875 bits per heavy atom. The number of hydrogen-bond acceptors (Lipinski definition) is 14. The van der Waals surface area contributed by atoms with Gasteiger partial charge in [-0.2, -0.15) is 0 Å². The molecule has 0 aliphatic carbocycles. The van der Waals surface area contributed by atoms with Gasteiger partial charge < -0.3 is 74.0 Å². The molecule has 0 unspecified atom stereocenters. The van der Waals surface area contributed by atoms with Crippen molar-refractivity contribution in [2.45, 2.75) is 191 Å². The van der Waals surface area contributed by atoms with Crippen LogP contribution in [-0.4, -0.2) is 166 Å². The molecular weight excluding hydrogens is 1320 g/mol. The molecule has 1 aliphatic heterocycles. The summed E-state index contributed by atoms with van der Waals surface area (Å²) >= 11 is 0. The fourth-order valence-corrected chi connectivity index (χ4v) is 12.6. The number of aliphatic hydroxyl groups is 1. The Kier molecular flexibility index (Phi) is 31.8. The molecule has 0 radical (unpaired) electrons. The molecule has 14 N–H and O–H groups in total. The highest BCUT2D eigenvalue weighted by molar-refractivity contribution is 5.99. The van der Waals surface area contributed by atoms with E-state index in [1.165, 1.54) is 43.0 Å². The lowest BCUT2D eigenvalue weighted by Crippen LogP contribution is -2.61. The highest BCUT2D eigenvalue weighted by Crippen LogP contribution is 2.23. The molecule has 0 saturated carbocycles. The molecule has 0 spiro atoms. The Balaban J connectivity index is 1.14. The molecule has 7 rings (SSSR count). The van der Waals surface area contributed by atoms with Crippen LogP contribution in [0.4, 0.5) is 0 Å². The van der Waals surface area contributed by atoms with Crippen molar-refractivity contribution in [3.05, 3.63) is 186 Å². The van der Waals surface area contributed by atoms with Gasteiger partial charge in [-0.3, -0.25) is 52.7 Å². The van der Waals surface area contributed by atoms with E-state index in [2.05, 4.69) is 67.0 Å². The molecule has 10 atom stereocenters. The zero-order valence-corrected chi connectivity index (χ0v) is 60.2. The summed E-state index contributed by atoms with van der Waals surface area (Å²) in [6.07, 6.45) is 3.21.